The number of hydrogen-bond donors (Lipinski definition) is 17. The van der Waals surface area contributed by atoms with E-state index in [0.717, 1.165) is 6.92 Å². The molecule has 3 aliphatic heterocycles. The number of phenols is 1. The zero-order valence-electron chi connectivity index (χ0n) is 51.1. The first-order chi connectivity index (χ1) is 41.1. The molecule has 0 unspecified atom stereocenters. The van der Waals surface area contributed by atoms with E-state index in [1.165, 1.54) is 56.9 Å². The largest absolute Gasteiger partial charge is 0.508 e. The minimum atomic E-state index is -1.95. The van der Waals surface area contributed by atoms with E-state index in [-0.39, 0.29) is 25.1 Å². The topological polar surface area (TPSA) is 495 Å². The van der Waals surface area contributed by atoms with Crippen LogP contribution in [0.25, 0.3) is 0 Å². The molecule has 0 bridgehead atoms. The van der Waals surface area contributed by atoms with Crippen molar-refractivity contribution in [1.82, 2.24) is 47.4 Å². The number of carbonyl (C=O) groups is 10. The summed E-state index contributed by atoms with van der Waals surface area (Å²) in [5.74, 6) is -10.1. The van der Waals surface area contributed by atoms with Gasteiger partial charge < -0.3 is 113 Å². The third-order valence-corrected chi connectivity index (χ3v) is 15.3. The highest BCUT2D eigenvalue weighted by Gasteiger charge is 2.52. The van der Waals surface area contributed by atoms with Gasteiger partial charge >= 0.3 is 5.97 Å². The number of nitrogens with zero attached hydrogens (tertiary/aromatic N) is 1. The van der Waals surface area contributed by atoms with Crippen molar-refractivity contribution in [3.63, 3.8) is 0 Å². The van der Waals surface area contributed by atoms with Gasteiger partial charge in [-0.25, -0.2) is 0 Å². The SMILES string of the molecule is CC(=O)N[C@H]1[C@@H](O[C@H](C)[C@H](N)C(=O)N[C@@H](Cc2ccc(O)cc2)C(=O)N2CCC[C@H]2C(=O)N[C@@H](C)C(=O)N[C@@H](C)C(=O)N[C@H](C(=O)N[C@H](C(=O)N[C@H](C(=O)N[C@@H](C)C(=O)O)C(C)C)C(C)C)C(C)C)O[C@H](CO)[C@H](O)[C@@H]1O[C@@H]1O[C@H](CO)[C@H](O)[C@H](O)[C@H]1O. The van der Waals surface area contributed by atoms with Gasteiger partial charge in [0, 0.05) is 19.9 Å². The third-order valence-electron chi connectivity index (χ3n) is 15.3. The number of aromatic hydroxyl groups is 1. The molecule has 3 fully saturated rings. The Hall–Kier alpha value is -6.72. The number of ether oxygens (including phenoxy) is 4. The first kappa shape index (κ1) is 73.7. The van der Waals surface area contributed by atoms with E-state index < -0.39 is 212 Å². The second-order valence-corrected chi connectivity index (χ2v) is 23.4. The molecule has 496 valence electrons. The Kier molecular flexibility index (Phi) is 27.8. The van der Waals surface area contributed by atoms with Crippen molar-refractivity contribution < 1.29 is 108 Å². The fourth-order valence-electron chi connectivity index (χ4n) is 9.93. The van der Waals surface area contributed by atoms with Gasteiger partial charge in [-0.15, -0.1) is 0 Å². The molecule has 9 amide bonds. The highest BCUT2D eigenvalue weighted by atomic mass is 16.7. The molecule has 0 radical (unpaired) electrons. The Bertz CT molecular complexity index is 2580. The van der Waals surface area contributed by atoms with Crippen molar-refractivity contribution in [1.29, 1.82) is 0 Å². The Morgan fingerprint density at radius 1 is 0.614 bits per heavy atom. The number of aliphatic hydroxyl groups excluding tert-OH is 6. The molecule has 1 aromatic carbocycles. The fraction of sp³-hybridized carbons (Fsp3) is 0.714. The predicted molar refractivity (Wildman–Crippen MR) is 306 cm³/mol. The number of benzene rings is 1. The first-order valence-corrected chi connectivity index (χ1v) is 29.2. The summed E-state index contributed by atoms with van der Waals surface area (Å²) >= 11 is 0. The Morgan fingerprint density at radius 2 is 1.09 bits per heavy atom. The van der Waals surface area contributed by atoms with Gasteiger partial charge in [0.05, 0.1) is 19.3 Å². The predicted octanol–water partition coefficient (Wildman–Crippen LogP) is -6.07. The van der Waals surface area contributed by atoms with Crippen molar-refractivity contribution in [2.75, 3.05) is 19.8 Å². The van der Waals surface area contributed by atoms with Crippen LogP contribution in [0.2, 0.25) is 0 Å². The number of rotatable bonds is 29. The molecule has 18 N–H and O–H groups in total. The maximum absolute atomic E-state index is 14.6. The fourth-order valence-corrected chi connectivity index (χ4v) is 9.93. The summed E-state index contributed by atoms with van der Waals surface area (Å²) in [6.07, 6.45) is -16.7. The number of carboxylic acid groups (broad SMARTS) is 1. The maximum Gasteiger partial charge on any atom is 0.325 e. The maximum atomic E-state index is 14.6. The minimum absolute atomic E-state index is 0.0206. The quantitative estimate of drug-likeness (QED) is 0.0355. The van der Waals surface area contributed by atoms with Crippen molar-refractivity contribution in [3.05, 3.63) is 29.8 Å². The lowest BCUT2D eigenvalue weighted by atomic mass is 9.95. The first-order valence-electron chi connectivity index (χ1n) is 29.2. The van der Waals surface area contributed by atoms with Crippen molar-refractivity contribution in [3.8, 4) is 5.75 Å². The summed E-state index contributed by atoms with van der Waals surface area (Å²) in [7, 11) is 0. The molecule has 3 saturated heterocycles. The zero-order valence-corrected chi connectivity index (χ0v) is 51.1. The Balaban J connectivity index is 1.44. The smallest absolute Gasteiger partial charge is 0.325 e. The number of nitrogens with two attached hydrogens (primary N) is 1. The van der Waals surface area contributed by atoms with Gasteiger partial charge in [-0.05, 0) is 76.0 Å². The molecule has 32 nitrogen and oxygen atoms in total. The number of amides is 9. The Morgan fingerprint density at radius 3 is 1.60 bits per heavy atom. The Labute approximate surface area is 509 Å². The van der Waals surface area contributed by atoms with E-state index >= 15 is 0 Å². The van der Waals surface area contributed by atoms with Crippen molar-refractivity contribution in [2.45, 2.75) is 217 Å². The van der Waals surface area contributed by atoms with Crippen LogP contribution in [-0.2, 0) is 73.3 Å². The number of nitrogens with one attached hydrogen (secondary N) is 8. The lowest BCUT2D eigenvalue weighted by molar-refractivity contribution is -0.347. The lowest BCUT2D eigenvalue weighted by Crippen LogP contribution is -2.68. The van der Waals surface area contributed by atoms with Crippen LogP contribution in [0, 0.1) is 17.8 Å². The van der Waals surface area contributed by atoms with Gasteiger partial charge in [0.2, 0.25) is 53.2 Å². The molecule has 3 heterocycles. The highest BCUT2D eigenvalue weighted by molar-refractivity contribution is 5.98. The average molecular weight is 1260 g/mol. The number of aliphatic hydroxyl groups is 6. The van der Waals surface area contributed by atoms with E-state index in [2.05, 4.69) is 42.5 Å². The van der Waals surface area contributed by atoms with Gasteiger partial charge in [-0.3, -0.25) is 47.9 Å². The van der Waals surface area contributed by atoms with Crippen LogP contribution in [0.1, 0.15) is 94.6 Å². The molecule has 20 atom stereocenters. The highest BCUT2D eigenvalue weighted by Crippen LogP contribution is 2.31. The number of phenolic OH excluding ortho intramolecular Hbond substituents is 1. The molecule has 0 saturated carbocycles. The summed E-state index contributed by atoms with van der Waals surface area (Å²) in [6.45, 7) is 14.5. The van der Waals surface area contributed by atoms with Crippen LogP contribution in [0.3, 0.4) is 0 Å². The third kappa shape index (κ3) is 19.6. The monoisotopic (exact) mass is 1250 g/mol. The summed E-state index contributed by atoms with van der Waals surface area (Å²) in [4.78, 5) is 135. The molecule has 3 aliphatic rings. The summed E-state index contributed by atoms with van der Waals surface area (Å²) in [5, 5.41) is 102. The molecule has 1 aromatic rings. The number of hydrogen-bond acceptors (Lipinski definition) is 22. The minimum Gasteiger partial charge on any atom is -0.508 e. The number of carboxylic acids is 1. The number of carbonyl (C=O) groups excluding carboxylic acids is 9. The van der Waals surface area contributed by atoms with Crippen LogP contribution in [-0.4, -0.2) is 246 Å². The van der Waals surface area contributed by atoms with Crippen LogP contribution in [0.4, 0.5) is 0 Å². The molecule has 0 aliphatic carbocycles. The van der Waals surface area contributed by atoms with Gasteiger partial charge in [0.15, 0.2) is 12.6 Å². The van der Waals surface area contributed by atoms with E-state index in [0.29, 0.717) is 12.0 Å². The van der Waals surface area contributed by atoms with Crippen molar-refractivity contribution >= 4 is 59.1 Å². The summed E-state index contributed by atoms with van der Waals surface area (Å²) in [5.41, 5.74) is 6.91. The van der Waals surface area contributed by atoms with E-state index in [1.54, 1.807) is 41.5 Å². The van der Waals surface area contributed by atoms with Gasteiger partial charge in [-0.1, -0.05) is 53.7 Å². The molecular weight excluding hydrogens is 1160 g/mol. The molecular formula is C56H90N10O22. The van der Waals surface area contributed by atoms with Crippen LogP contribution >= 0.6 is 0 Å². The van der Waals surface area contributed by atoms with Crippen LogP contribution < -0.4 is 48.3 Å². The number of aliphatic carboxylic acids is 1. The van der Waals surface area contributed by atoms with E-state index in [9.17, 15) is 88.8 Å². The zero-order chi connectivity index (χ0) is 66.3. The van der Waals surface area contributed by atoms with Gasteiger partial charge in [-0.2, -0.15) is 0 Å². The average Bonchev–Trinajstić information content (AvgIpc) is 3.47. The molecule has 88 heavy (non-hydrogen) atoms. The number of likely N-dealkylation sites (tertiary alicyclic amines) is 1. The van der Waals surface area contributed by atoms with Crippen LogP contribution in [0.15, 0.2) is 24.3 Å². The lowest BCUT2D eigenvalue weighted by Gasteiger charge is -2.48. The molecule has 0 spiro atoms. The standard InChI is InChI=1S/C56H90N10O22/c1-22(2)37(50(79)60-27(9)54(83)84)64-52(81)39(24(5)6)65-51(80)38(23(3)4)63-47(76)26(8)58-46(75)25(7)59-48(77)33-13-12-18-66(33)53(82)32(19-30-14-16-31(70)17-15-30)62-49(78)36(57)28(10)85-55-40(61-29(11)69)45(42(72)35(21-68)86-55)88-56-44(74)43(73)41(71)34(20-67)87-56/h14-17,22-28,32-45,55-56,67-68,70-74H,12-13,18-21,57H2,1-11H3,(H,58,75)(H,59,77)(H,60,79)(H,61,69)(H,62,78)(H,63,76)(H,64,81)(H,65,80)(H,83,84)/t25-,26-,27-,28+,32-,33-,34+,35+,36-,37-,38-,39-,40+,41-,42-,43-,44+,45+,55-,56-/m0/s1. The second kappa shape index (κ2) is 33.2. The second-order valence-electron chi connectivity index (χ2n) is 23.4. The summed E-state index contributed by atoms with van der Waals surface area (Å²) in [6, 6.07) is -7.61. The van der Waals surface area contributed by atoms with Crippen molar-refractivity contribution in [2.24, 2.45) is 23.5 Å². The van der Waals surface area contributed by atoms with E-state index in [4.69, 9.17) is 24.7 Å². The molecule has 4 rings (SSSR count). The van der Waals surface area contributed by atoms with Crippen LogP contribution in [0.5, 0.6) is 5.75 Å². The molecule has 0 aromatic heterocycles. The van der Waals surface area contributed by atoms with Gasteiger partial charge in [0.25, 0.3) is 0 Å². The van der Waals surface area contributed by atoms with Gasteiger partial charge in [0.1, 0.15) is 109 Å². The summed E-state index contributed by atoms with van der Waals surface area (Å²) < 4.78 is 23.2. The van der Waals surface area contributed by atoms with E-state index in [1.807, 2.05) is 0 Å². The normalized spacial score (nSPS) is 26.8. The molecule has 32 heteroatoms.